The van der Waals surface area contributed by atoms with Crippen molar-refractivity contribution in [1.82, 2.24) is 24.9 Å². The number of carbonyl (C=O) groups is 1. The predicted octanol–water partition coefficient (Wildman–Crippen LogP) is 2.90. The molecule has 0 aliphatic carbocycles. The average Bonchev–Trinajstić information content (AvgIpc) is 3.52. The zero-order chi connectivity index (χ0) is 20.1. The second-order valence-corrected chi connectivity index (χ2v) is 7.81. The first-order valence-electron chi connectivity index (χ1n) is 10.1. The molecule has 2 unspecified atom stereocenters. The van der Waals surface area contributed by atoms with Crippen LogP contribution in [-0.2, 0) is 0 Å². The molecule has 6 rings (SSSR count). The Bertz CT molecular complexity index is 1200. The third kappa shape index (κ3) is 2.60. The summed E-state index contributed by atoms with van der Waals surface area (Å²) in [6.45, 7) is 1.32. The van der Waals surface area contributed by atoms with Gasteiger partial charge in [0.1, 0.15) is 0 Å². The van der Waals surface area contributed by atoms with Crippen molar-refractivity contribution in [3.05, 3.63) is 66.8 Å². The van der Waals surface area contributed by atoms with Gasteiger partial charge < -0.3 is 14.2 Å². The number of aromatic nitrogens is 4. The van der Waals surface area contributed by atoms with E-state index in [4.69, 9.17) is 4.42 Å². The van der Waals surface area contributed by atoms with Crippen LogP contribution < -0.4 is 4.90 Å². The van der Waals surface area contributed by atoms with Gasteiger partial charge in [0.05, 0.1) is 29.9 Å². The fourth-order valence-electron chi connectivity index (χ4n) is 4.82. The van der Waals surface area contributed by atoms with E-state index >= 15 is 0 Å². The topological polar surface area (TPSA) is 80.3 Å². The summed E-state index contributed by atoms with van der Waals surface area (Å²) in [6.07, 6.45) is 8.84. The van der Waals surface area contributed by atoms with E-state index in [2.05, 4.69) is 20.1 Å². The Balaban J connectivity index is 1.31. The van der Waals surface area contributed by atoms with Crippen LogP contribution in [0.1, 0.15) is 23.2 Å². The lowest BCUT2D eigenvalue weighted by Crippen LogP contribution is -2.55. The standard InChI is InChI=1S/C22H20N6O2/c29-22(18-3-1-2-4-19(18)28-24-10-11-25-28)26-13-16-5-6-17(14-26)27(16)21-20-15(7-9-23-21)8-12-30-20/h1-4,7-12,16-17H,5-6,13-14H2. The van der Waals surface area contributed by atoms with E-state index in [-0.39, 0.29) is 18.0 Å². The van der Waals surface area contributed by atoms with Crippen molar-refractivity contribution in [1.29, 1.82) is 0 Å². The molecule has 30 heavy (non-hydrogen) atoms. The van der Waals surface area contributed by atoms with Crippen molar-refractivity contribution in [2.75, 3.05) is 18.0 Å². The van der Waals surface area contributed by atoms with E-state index in [1.165, 1.54) is 4.80 Å². The number of rotatable bonds is 3. The summed E-state index contributed by atoms with van der Waals surface area (Å²) in [7, 11) is 0. The normalized spacial score (nSPS) is 20.8. The van der Waals surface area contributed by atoms with Gasteiger partial charge in [0.2, 0.25) is 0 Å². The summed E-state index contributed by atoms with van der Waals surface area (Å²) < 4.78 is 5.73. The Kier molecular flexibility index (Phi) is 3.83. The maximum atomic E-state index is 13.5. The average molecular weight is 400 g/mol. The van der Waals surface area contributed by atoms with E-state index in [0.717, 1.165) is 29.6 Å². The molecule has 2 bridgehead atoms. The number of likely N-dealkylation sites (tertiary alicyclic amines) is 1. The molecule has 2 saturated heterocycles. The molecular formula is C22H20N6O2. The lowest BCUT2D eigenvalue weighted by molar-refractivity contribution is 0.0717. The minimum Gasteiger partial charge on any atom is -0.460 e. The van der Waals surface area contributed by atoms with Crippen LogP contribution in [0.2, 0.25) is 0 Å². The SMILES string of the molecule is O=C(c1ccccc1-n1nccn1)N1CC2CCC(C1)N2c1nccc2ccoc12. The molecular weight excluding hydrogens is 380 g/mol. The molecule has 1 aromatic carbocycles. The maximum absolute atomic E-state index is 13.5. The number of furan rings is 1. The summed E-state index contributed by atoms with van der Waals surface area (Å²) in [5.74, 6) is 0.904. The van der Waals surface area contributed by atoms with E-state index in [9.17, 15) is 4.79 Å². The first kappa shape index (κ1) is 17.2. The Morgan fingerprint density at radius 2 is 1.73 bits per heavy atom. The minimum atomic E-state index is 0.0172. The van der Waals surface area contributed by atoms with Gasteiger partial charge in [0.15, 0.2) is 11.4 Å². The molecule has 4 aromatic rings. The molecule has 1 amide bonds. The summed E-state index contributed by atoms with van der Waals surface area (Å²) >= 11 is 0. The molecule has 2 aliphatic rings. The molecule has 3 aromatic heterocycles. The summed E-state index contributed by atoms with van der Waals surface area (Å²) in [6, 6.07) is 11.9. The third-order valence-corrected chi connectivity index (χ3v) is 6.13. The molecule has 0 radical (unpaired) electrons. The highest BCUT2D eigenvalue weighted by atomic mass is 16.3. The molecule has 8 heteroatoms. The van der Waals surface area contributed by atoms with E-state index in [1.54, 1.807) is 18.7 Å². The highest BCUT2D eigenvalue weighted by Crippen LogP contribution is 2.38. The predicted molar refractivity (Wildman–Crippen MR) is 111 cm³/mol. The van der Waals surface area contributed by atoms with Gasteiger partial charge in [-0.05, 0) is 37.1 Å². The van der Waals surface area contributed by atoms with Gasteiger partial charge >= 0.3 is 0 Å². The highest BCUT2D eigenvalue weighted by Gasteiger charge is 2.43. The molecule has 5 heterocycles. The fourth-order valence-corrected chi connectivity index (χ4v) is 4.82. The van der Waals surface area contributed by atoms with Crippen LogP contribution in [0, 0.1) is 0 Å². The smallest absolute Gasteiger partial charge is 0.256 e. The zero-order valence-corrected chi connectivity index (χ0v) is 16.3. The maximum Gasteiger partial charge on any atom is 0.256 e. The second-order valence-electron chi connectivity index (χ2n) is 7.81. The van der Waals surface area contributed by atoms with E-state index in [0.29, 0.717) is 24.3 Å². The molecule has 0 N–H and O–H groups in total. The molecule has 0 saturated carbocycles. The number of hydrogen-bond donors (Lipinski definition) is 0. The number of carbonyl (C=O) groups excluding carboxylic acids is 1. The number of nitrogens with zero attached hydrogens (tertiary/aromatic N) is 6. The first-order chi connectivity index (χ1) is 14.8. The van der Waals surface area contributed by atoms with Gasteiger partial charge in [0, 0.05) is 36.8 Å². The summed E-state index contributed by atoms with van der Waals surface area (Å²) in [4.78, 5) is 23.9. The number of pyridine rings is 1. The fraction of sp³-hybridized carbons (Fsp3) is 0.273. The third-order valence-electron chi connectivity index (χ3n) is 6.13. The van der Waals surface area contributed by atoms with Gasteiger partial charge in [-0.1, -0.05) is 12.1 Å². The highest BCUT2D eigenvalue weighted by molar-refractivity contribution is 5.98. The lowest BCUT2D eigenvalue weighted by Gasteiger charge is -2.41. The van der Waals surface area contributed by atoms with E-state index < -0.39 is 0 Å². The van der Waals surface area contributed by atoms with Crippen LogP contribution in [0.5, 0.6) is 0 Å². The van der Waals surface area contributed by atoms with Crippen LogP contribution in [0.4, 0.5) is 5.82 Å². The van der Waals surface area contributed by atoms with Crippen LogP contribution >= 0.6 is 0 Å². The van der Waals surface area contributed by atoms with Crippen molar-refractivity contribution >= 4 is 22.7 Å². The van der Waals surface area contributed by atoms with Gasteiger partial charge in [0.25, 0.3) is 5.91 Å². The number of hydrogen-bond acceptors (Lipinski definition) is 6. The van der Waals surface area contributed by atoms with Crippen molar-refractivity contribution in [3.63, 3.8) is 0 Å². The van der Waals surface area contributed by atoms with Crippen LogP contribution in [0.3, 0.4) is 0 Å². The molecule has 2 fully saturated rings. The molecule has 2 atom stereocenters. The van der Waals surface area contributed by atoms with E-state index in [1.807, 2.05) is 47.5 Å². The number of piperazine rings is 1. The molecule has 2 aliphatic heterocycles. The number of benzene rings is 1. The summed E-state index contributed by atoms with van der Waals surface area (Å²) in [5.41, 5.74) is 2.14. The largest absolute Gasteiger partial charge is 0.460 e. The van der Waals surface area contributed by atoms with Crippen molar-refractivity contribution in [2.24, 2.45) is 0 Å². The Morgan fingerprint density at radius 1 is 0.967 bits per heavy atom. The van der Waals surface area contributed by atoms with Gasteiger partial charge in [-0.15, -0.1) is 0 Å². The van der Waals surface area contributed by atoms with Crippen molar-refractivity contribution < 1.29 is 9.21 Å². The van der Waals surface area contributed by atoms with Crippen LogP contribution in [0.25, 0.3) is 16.7 Å². The zero-order valence-electron chi connectivity index (χ0n) is 16.3. The first-order valence-corrected chi connectivity index (χ1v) is 10.1. The Morgan fingerprint density at radius 3 is 2.53 bits per heavy atom. The van der Waals surface area contributed by atoms with Gasteiger partial charge in [-0.25, -0.2) is 4.98 Å². The lowest BCUT2D eigenvalue weighted by atomic mass is 10.1. The van der Waals surface area contributed by atoms with Gasteiger partial charge in [-0.3, -0.25) is 4.79 Å². The van der Waals surface area contributed by atoms with Crippen molar-refractivity contribution in [3.8, 4) is 5.69 Å². The van der Waals surface area contributed by atoms with Crippen molar-refractivity contribution in [2.45, 2.75) is 24.9 Å². The second kappa shape index (κ2) is 6.69. The summed E-state index contributed by atoms with van der Waals surface area (Å²) in [5, 5.41) is 9.46. The number of fused-ring (bicyclic) bond motifs is 3. The van der Waals surface area contributed by atoms with Gasteiger partial charge in [-0.2, -0.15) is 15.0 Å². The quantitative estimate of drug-likeness (QED) is 0.526. The van der Waals surface area contributed by atoms with Crippen LogP contribution in [0.15, 0.2) is 65.7 Å². The van der Waals surface area contributed by atoms with Crippen LogP contribution in [-0.4, -0.2) is 56.0 Å². The number of anilines is 1. The number of amides is 1. The molecule has 8 nitrogen and oxygen atoms in total. The minimum absolute atomic E-state index is 0.0172. The molecule has 150 valence electrons. The Labute approximate surface area is 172 Å². The monoisotopic (exact) mass is 400 g/mol. The number of para-hydroxylation sites is 1. The Hall–Kier alpha value is -3.68. The molecule has 0 spiro atoms.